The molecule has 0 aliphatic heterocycles. The fourth-order valence-corrected chi connectivity index (χ4v) is 1.19. The topological polar surface area (TPSA) is 23.5 Å². The number of nitrogens with zero attached hydrogens (tertiary/aromatic N) is 1. The van der Waals surface area contributed by atoms with E-state index in [4.69, 9.17) is 11.6 Å². The Morgan fingerprint density at radius 2 is 1.85 bits per heavy atom. The van der Waals surface area contributed by atoms with E-state index in [0.29, 0.717) is 12.3 Å². The minimum atomic E-state index is -0.404. The second kappa shape index (κ2) is 8.30. The average Bonchev–Trinajstić information content (AvgIpc) is 2.14. The molecule has 0 saturated carbocycles. The van der Waals surface area contributed by atoms with Gasteiger partial charge in [0.2, 0.25) is 0 Å². The van der Waals surface area contributed by atoms with Crippen LogP contribution in [0.4, 0.5) is 0 Å². The minimum absolute atomic E-state index is 0.302. The smallest absolute Gasteiger partial charge is 0.0687 e. The standard InChI is InChI=1S/C10H18ClNO/c1-3-6-12(7-4-2)8-5-10(13)9-11/h3-4,10,13H,1-2,5-9H2. The molecule has 13 heavy (non-hydrogen) atoms. The summed E-state index contributed by atoms with van der Waals surface area (Å²) in [5.41, 5.74) is 0. The van der Waals surface area contributed by atoms with Crippen LogP contribution in [-0.4, -0.2) is 41.6 Å². The molecule has 1 unspecified atom stereocenters. The monoisotopic (exact) mass is 203 g/mol. The Labute approximate surface area is 85.5 Å². The first kappa shape index (κ1) is 12.7. The van der Waals surface area contributed by atoms with E-state index in [9.17, 15) is 5.11 Å². The van der Waals surface area contributed by atoms with Crippen molar-refractivity contribution in [3.05, 3.63) is 25.3 Å². The Balaban J connectivity index is 3.66. The summed E-state index contributed by atoms with van der Waals surface area (Å²) in [6.07, 6.45) is 3.98. The molecule has 3 heteroatoms. The zero-order valence-electron chi connectivity index (χ0n) is 7.95. The molecule has 0 fully saturated rings. The Kier molecular flexibility index (Phi) is 8.10. The lowest BCUT2D eigenvalue weighted by molar-refractivity contribution is 0.167. The van der Waals surface area contributed by atoms with Gasteiger partial charge < -0.3 is 5.11 Å². The lowest BCUT2D eigenvalue weighted by Gasteiger charge is -2.19. The van der Waals surface area contributed by atoms with Crippen molar-refractivity contribution >= 4 is 11.6 Å². The predicted molar refractivity (Wildman–Crippen MR) is 58.2 cm³/mol. The van der Waals surface area contributed by atoms with Crippen molar-refractivity contribution in [2.75, 3.05) is 25.5 Å². The summed E-state index contributed by atoms with van der Waals surface area (Å²) in [6, 6.07) is 0. The molecule has 0 spiro atoms. The molecule has 1 atom stereocenters. The van der Waals surface area contributed by atoms with E-state index < -0.39 is 6.10 Å². The van der Waals surface area contributed by atoms with Gasteiger partial charge in [0.1, 0.15) is 0 Å². The molecule has 0 heterocycles. The summed E-state index contributed by atoms with van der Waals surface area (Å²) in [5.74, 6) is 0.302. The summed E-state index contributed by atoms with van der Waals surface area (Å²) >= 11 is 5.48. The van der Waals surface area contributed by atoms with Crippen molar-refractivity contribution in [3.8, 4) is 0 Å². The Morgan fingerprint density at radius 1 is 1.31 bits per heavy atom. The van der Waals surface area contributed by atoms with Crippen molar-refractivity contribution in [3.63, 3.8) is 0 Å². The summed E-state index contributed by atoms with van der Waals surface area (Å²) in [6.45, 7) is 9.80. The first-order chi connectivity index (χ1) is 6.24. The van der Waals surface area contributed by atoms with Gasteiger partial charge in [-0.1, -0.05) is 12.2 Å². The van der Waals surface area contributed by atoms with Crippen molar-refractivity contribution in [2.24, 2.45) is 0 Å². The van der Waals surface area contributed by atoms with Gasteiger partial charge in [-0.05, 0) is 6.42 Å². The SMILES string of the molecule is C=CCN(CC=C)CCC(O)CCl. The predicted octanol–water partition coefficient (Wildman–Crippen LogP) is 1.65. The van der Waals surface area contributed by atoms with E-state index in [1.165, 1.54) is 0 Å². The summed E-state index contributed by atoms with van der Waals surface area (Å²) in [5, 5.41) is 9.23. The highest BCUT2D eigenvalue weighted by Crippen LogP contribution is 1.98. The second-order valence-corrected chi connectivity index (χ2v) is 3.24. The molecule has 0 aromatic heterocycles. The van der Waals surface area contributed by atoms with E-state index in [-0.39, 0.29) is 0 Å². The third kappa shape index (κ3) is 6.82. The lowest BCUT2D eigenvalue weighted by atomic mass is 10.2. The third-order valence-corrected chi connectivity index (χ3v) is 2.09. The average molecular weight is 204 g/mol. The molecule has 0 radical (unpaired) electrons. The van der Waals surface area contributed by atoms with Gasteiger partial charge in [0.05, 0.1) is 6.10 Å². The van der Waals surface area contributed by atoms with Crippen LogP contribution in [0.2, 0.25) is 0 Å². The summed E-state index contributed by atoms with van der Waals surface area (Å²) in [4.78, 5) is 2.15. The van der Waals surface area contributed by atoms with Gasteiger partial charge >= 0.3 is 0 Å². The van der Waals surface area contributed by atoms with Crippen molar-refractivity contribution in [1.82, 2.24) is 4.90 Å². The molecular weight excluding hydrogens is 186 g/mol. The molecule has 76 valence electrons. The highest BCUT2D eigenvalue weighted by Gasteiger charge is 2.05. The van der Waals surface area contributed by atoms with Gasteiger partial charge in [-0.15, -0.1) is 24.8 Å². The maximum atomic E-state index is 9.23. The number of rotatable bonds is 8. The molecule has 1 N–H and O–H groups in total. The normalized spacial score (nSPS) is 12.8. The van der Waals surface area contributed by atoms with Crippen LogP contribution < -0.4 is 0 Å². The van der Waals surface area contributed by atoms with Crippen LogP contribution in [0.3, 0.4) is 0 Å². The van der Waals surface area contributed by atoms with Gasteiger partial charge in [0.15, 0.2) is 0 Å². The van der Waals surface area contributed by atoms with Crippen LogP contribution >= 0.6 is 11.6 Å². The van der Waals surface area contributed by atoms with Crippen LogP contribution in [0.15, 0.2) is 25.3 Å². The largest absolute Gasteiger partial charge is 0.392 e. The first-order valence-electron chi connectivity index (χ1n) is 4.42. The molecule has 0 bridgehead atoms. The zero-order chi connectivity index (χ0) is 10.1. The number of halogens is 1. The molecule has 0 aliphatic carbocycles. The summed E-state index contributed by atoms with van der Waals surface area (Å²) in [7, 11) is 0. The minimum Gasteiger partial charge on any atom is -0.392 e. The Morgan fingerprint density at radius 3 is 2.23 bits per heavy atom. The second-order valence-electron chi connectivity index (χ2n) is 2.93. The van der Waals surface area contributed by atoms with Crippen molar-refractivity contribution in [2.45, 2.75) is 12.5 Å². The van der Waals surface area contributed by atoms with Crippen LogP contribution in [0.5, 0.6) is 0 Å². The van der Waals surface area contributed by atoms with Crippen LogP contribution in [0.1, 0.15) is 6.42 Å². The fourth-order valence-electron chi connectivity index (χ4n) is 1.03. The zero-order valence-corrected chi connectivity index (χ0v) is 8.71. The van der Waals surface area contributed by atoms with Gasteiger partial charge in [-0.25, -0.2) is 0 Å². The molecular formula is C10H18ClNO. The van der Waals surface area contributed by atoms with Gasteiger partial charge in [-0.2, -0.15) is 0 Å². The number of aliphatic hydroxyl groups is 1. The Bertz CT molecular complexity index is 140. The summed E-state index contributed by atoms with van der Waals surface area (Å²) < 4.78 is 0. The molecule has 0 aromatic rings. The van der Waals surface area contributed by atoms with Crippen LogP contribution in [-0.2, 0) is 0 Å². The van der Waals surface area contributed by atoms with E-state index >= 15 is 0 Å². The fraction of sp³-hybridized carbons (Fsp3) is 0.600. The van der Waals surface area contributed by atoms with Crippen molar-refractivity contribution < 1.29 is 5.11 Å². The van der Waals surface area contributed by atoms with Gasteiger partial charge in [0, 0.05) is 25.5 Å². The van der Waals surface area contributed by atoms with E-state index in [0.717, 1.165) is 19.6 Å². The van der Waals surface area contributed by atoms with Crippen LogP contribution in [0.25, 0.3) is 0 Å². The maximum absolute atomic E-state index is 9.23. The quantitative estimate of drug-likeness (QED) is 0.479. The number of hydrogen-bond donors (Lipinski definition) is 1. The molecule has 0 aliphatic rings. The first-order valence-corrected chi connectivity index (χ1v) is 4.96. The highest BCUT2D eigenvalue weighted by atomic mass is 35.5. The molecule has 0 amide bonds. The number of aliphatic hydroxyl groups excluding tert-OH is 1. The molecule has 0 rings (SSSR count). The molecule has 0 aromatic carbocycles. The maximum Gasteiger partial charge on any atom is 0.0687 e. The molecule has 2 nitrogen and oxygen atoms in total. The lowest BCUT2D eigenvalue weighted by Crippen LogP contribution is -2.28. The van der Waals surface area contributed by atoms with Gasteiger partial charge in [0.25, 0.3) is 0 Å². The molecule has 0 saturated heterocycles. The third-order valence-electron chi connectivity index (χ3n) is 1.73. The number of hydrogen-bond acceptors (Lipinski definition) is 2. The van der Waals surface area contributed by atoms with Crippen molar-refractivity contribution in [1.29, 1.82) is 0 Å². The van der Waals surface area contributed by atoms with E-state index in [1.54, 1.807) is 0 Å². The highest BCUT2D eigenvalue weighted by molar-refractivity contribution is 6.18. The van der Waals surface area contributed by atoms with Gasteiger partial charge in [-0.3, -0.25) is 4.90 Å². The Hall–Kier alpha value is -0.310. The number of alkyl halides is 1. The van der Waals surface area contributed by atoms with E-state index in [1.807, 2.05) is 12.2 Å². The van der Waals surface area contributed by atoms with Crippen LogP contribution in [0, 0.1) is 0 Å². The van der Waals surface area contributed by atoms with E-state index in [2.05, 4.69) is 18.1 Å².